The summed E-state index contributed by atoms with van der Waals surface area (Å²) in [6, 6.07) is 14.9. The summed E-state index contributed by atoms with van der Waals surface area (Å²) in [7, 11) is 0. The second kappa shape index (κ2) is 9.53. The number of nitro benzene ring substituents is 1. The van der Waals surface area contributed by atoms with Crippen molar-refractivity contribution in [1.29, 1.82) is 0 Å². The number of carbonyl (C=O) groups is 1. The number of ether oxygens (including phenoxy) is 1. The lowest BCUT2D eigenvalue weighted by Gasteiger charge is -2.05. The first-order valence-corrected chi connectivity index (χ1v) is 10.2. The molecule has 33 heavy (non-hydrogen) atoms. The molecule has 0 aliphatic rings. The summed E-state index contributed by atoms with van der Waals surface area (Å²) in [5.74, 6) is 0.565. The predicted octanol–water partition coefficient (Wildman–Crippen LogP) is 4.62. The number of anilines is 1. The number of benzene rings is 2. The van der Waals surface area contributed by atoms with E-state index in [1.807, 2.05) is 18.2 Å². The van der Waals surface area contributed by atoms with E-state index in [1.54, 1.807) is 29.8 Å². The molecule has 0 aliphatic carbocycles. The van der Waals surface area contributed by atoms with Gasteiger partial charge in [0.1, 0.15) is 24.4 Å². The van der Waals surface area contributed by atoms with Crippen LogP contribution in [0.1, 0.15) is 27.4 Å². The van der Waals surface area contributed by atoms with E-state index in [9.17, 15) is 14.9 Å². The van der Waals surface area contributed by atoms with Gasteiger partial charge < -0.3 is 9.15 Å². The van der Waals surface area contributed by atoms with Crippen molar-refractivity contribution in [2.24, 2.45) is 0 Å². The number of halogens is 1. The Morgan fingerprint density at radius 1 is 1.24 bits per heavy atom. The summed E-state index contributed by atoms with van der Waals surface area (Å²) in [5, 5.41) is 18.3. The summed E-state index contributed by atoms with van der Waals surface area (Å²) < 4.78 is 12.7. The first-order chi connectivity index (χ1) is 15.9. The zero-order chi connectivity index (χ0) is 23.4. The average molecular weight is 468 g/mol. The van der Waals surface area contributed by atoms with Crippen LogP contribution in [0.4, 0.5) is 11.6 Å². The van der Waals surface area contributed by atoms with E-state index in [1.165, 1.54) is 24.5 Å². The van der Waals surface area contributed by atoms with Gasteiger partial charge in [-0.05, 0) is 48.9 Å². The minimum absolute atomic E-state index is 0.0166. The lowest BCUT2D eigenvalue weighted by Crippen LogP contribution is -2.12. The van der Waals surface area contributed by atoms with E-state index in [0.717, 1.165) is 5.56 Å². The fourth-order valence-corrected chi connectivity index (χ4v) is 3.28. The molecule has 0 unspecified atom stereocenters. The highest BCUT2D eigenvalue weighted by atomic mass is 35.5. The number of nitrogens with zero attached hydrogens (tertiary/aromatic N) is 4. The maximum Gasteiger partial charge on any atom is 0.293 e. The highest BCUT2D eigenvalue weighted by molar-refractivity contribution is 6.30. The maximum atomic E-state index is 12.4. The summed E-state index contributed by atoms with van der Waals surface area (Å²) in [5.41, 5.74) is 1.45. The number of nitro groups is 1. The van der Waals surface area contributed by atoms with Gasteiger partial charge in [0.25, 0.3) is 11.6 Å². The van der Waals surface area contributed by atoms with Crippen molar-refractivity contribution in [2.45, 2.75) is 20.1 Å². The Kier molecular flexibility index (Phi) is 6.36. The van der Waals surface area contributed by atoms with Crippen LogP contribution < -0.4 is 10.1 Å². The van der Waals surface area contributed by atoms with Crippen LogP contribution in [0.2, 0.25) is 5.02 Å². The molecule has 2 aromatic carbocycles. The Bertz CT molecular complexity index is 1320. The molecule has 0 saturated heterocycles. The van der Waals surface area contributed by atoms with E-state index in [-0.39, 0.29) is 24.0 Å². The van der Waals surface area contributed by atoms with Gasteiger partial charge in [0.2, 0.25) is 5.95 Å². The quantitative estimate of drug-likeness (QED) is 0.296. The Labute approximate surface area is 192 Å². The number of aromatic nitrogens is 3. The molecule has 2 aromatic heterocycles. The third-order valence-electron chi connectivity index (χ3n) is 4.63. The van der Waals surface area contributed by atoms with Crippen molar-refractivity contribution in [3.05, 3.63) is 98.7 Å². The van der Waals surface area contributed by atoms with Crippen LogP contribution in [0.15, 0.2) is 65.3 Å². The molecule has 0 aliphatic heterocycles. The van der Waals surface area contributed by atoms with Gasteiger partial charge in [-0.1, -0.05) is 23.7 Å². The number of amides is 1. The number of hydrogen-bond acceptors (Lipinski definition) is 7. The van der Waals surface area contributed by atoms with Crippen molar-refractivity contribution in [3.8, 4) is 5.75 Å². The molecule has 4 rings (SSSR count). The minimum atomic E-state index is -0.507. The molecule has 0 fully saturated rings. The third kappa shape index (κ3) is 5.55. The topological polar surface area (TPSA) is 125 Å². The smallest absolute Gasteiger partial charge is 0.293 e. The average Bonchev–Trinajstić information content (AvgIpc) is 3.42. The minimum Gasteiger partial charge on any atom is -0.486 e. The zero-order valence-electron chi connectivity index (χ0n) is 17.4. The summed E-state index contributed by atoms with van der Waals surface area (Å²) in [6.07, 6.45) is 1.50. The molecule has 4 aromatic rings. The number of furan rings is 1. The molecule has 2 heterocycles. The molecule has 0 saturated carbocycles. The first kappa shape index (κ1) is 22.0. The first-order valence-electron chi connectivity index (χ1n) is 9.79. The van der Waals surface area contributed by atoms with Gasteiger partial charge in [0.05, 0.1) is 11.5 Å². The molecule has 0 radical (unpaired) electrons. The molecule has 1 amide bonds. The van der Waals surface area contributed by atoms with Gasteiger partial charge in [-0.25, -0.2) is 9.67 Å². The molecule has 11 heteroatoms. The van der Waals surface area contributed by atoms with Gasteiger partial charge in [-0.2, -0.15) is 0 Å². The van der Waals surface area contributed by atoms with Crippen LogP contribution in [-0.4, -0.2) is 25.6 Å². The van der Waals surface area contributed by atoms with Gasteiger partial charge >= 0.3 is 0 Å². The predicted molar refractivity (Wildman–Crippen MR) is 119 cm³/mol. The molecular weight excluding hydrogens is 450 g/mol. The van der Waals surface area contributed by atoms with Gasteiger partial charge in [-0.15, -0.1) is 5.10 Å². The van der Waals surface area contributed by atoms with Gasteiger partial charge in [0.15, 0.2) is 5.76 Å². The lowest BCUT2D eigenvalue weighted by molar-refractivity contribution is -0.385. The van der Waals surface area contributed by atoms with Crippen LogP contribution in [-0.2, 0) is 13.2 Å². The fraction of sp³-hybridized carbons (Fsp3) is 0.136. The van der Waals surface area contributed by atoms with Crippen LogP contribution >= 0.6 is 11.6 Å². The third-order valence-corrected chi connectivity index (χ3v) is 4.86. The zero-order valence-corrected chi connectivity index (χ0v) is 18.2. The second-order valence-corrected chi connectivity index (χ2v) is 7.55. The Morgan fingerprint density at radius 2 is 2.09 bits per heavy atom. The Balaban J connectivity index is 1.33. The monoisotopic (exact) mass is 467 g/mol. The van der Waals surface area contributed by atoms with E-state index in [2.05, 4.69) is 15.4 Å². The van der Waals surface area contributed by atoms with Crippen molar-refractivity contribution in [1.82, 2.24) is 14.8 Å². The van der Waals surface area contributed by atoms with E-state index >= 15 is 0 Å². The number of hydrogen-bond donors (Lipinski definition) is 1. The van der Waals surface area contributed by atoms with Crippen molar-refractivity contribution >= 4 is 29.1 Å². The highest BCUT2D eigenvalue weighted by Gasteiger charge is 2.15. The number of rotatable bonds is 8. The maximum absolute atomic E-state index is 12.4. The van der Waals surface area contributed by atoms with Gasteiger partial charge in [0, 0.05) is 16.7 Å². The normalized spacial score (nSPS) is 10.7. The number of nitrogens with one attached hydrogen (secondary N) is 1. The largest absolute Gasteiger partial charge is 0.486 e. The molecule has 0 bridgehead atoms. The van der Waals surface area contributed by atoms with E-state index in [0.29, 0.717) is 28.6 Å². The summed E-state index contributed by atoms with van der Waals surface area (Å²) >= 11 is 5.99. The van der Waals surface area contributed by atoms with Crippen LogP contribution in [0.5, 0.6) is 5.75 Å². The Hall–Kier alpha value is -4.18. The van der Waals surface area contributed by atoms with Crippen molar-refractivity contribution in [2.75, 3.05) is 5.32 Å². The molecular formula is C22H18ClN5O5. The van der Waals surface area contributed by atoms with E-state index in [4.69, 9.17) is 20.8 Å². The van der Waals surface area contributed by atoms with Crippen LogP contribution in [0.25, 0.3) is 0 Å². The summed E-state index contributed by atoms with van der Waals surface area (Å²) in [4.78, 5) is 27.0. The number of carbonyl (C=O) groups excluding carboxylic acids is 1. The fourth-order valence-electron chi connectivity index (χ4n) is 3.07. The molecule has 0 spiro atoms. The lowest BCUT2D eigenvalue weighted by atomic mass is 10.2. The van der Waals surface area contributed by atoms with Crippen molar-refractivity contribution < 1.29 is 18.9 Å². The molecule has 168 valence electrons. The standard InChI is InChI=1S/C22H18ClN5O5/c1-14-9-17(5-7-19(14)28(30)31)32-12-18-6-8-20(33-18)21(29)25-22-24-13-27(26-22)11-15-3-2-4-16(23)10-15/h2-10,13H,11-12H2,1H3,(H,25,26,29). The number of aryl methyl sites for hydroxylation is 1. The Morgan fingerprint density at radius 3 is 2.85 bits per heavy atom. The van der Waals surface area contributed by atoms with E-state index < -0.39 is 10.8 Å². The molecule has 1 N–H and O–H groups in total. The summed E-state index contributed by atoms with van der Waals surface area (Å²) in [6.45, 7) is 2.13. The van der Waals surface area contributed by atoms with Crippen LogP contribution in [0, 0.1) is 17.0 Å². The second-order valence-electron chi connectivity index (χ2n) is 7.11. The molecule has 10 nitrogen and oxygen atoms in total. The SMILES string of the molecule is Cc1cc(OCc2ccc(C(=O)Nc3ncn(Cc4cccc(Cl)c4)n3)o2)ccc1[N+](=O)[O-]. The van der Waals surface area contributed by atoms with Crippen LogP contribution in [0.3, 0.4) is 0 Å². The van der Waals surface area contributed by atoms with Crippen molar-refractivity contribution in [3.63, 3.8) is 0 Å². The van der Waals surface area contributed by atoms with Gasteiger partial charge in [-0.3, -0.25) is 20.2 Å². The highest BCUT2D eigenvalue weighted by Crippen LogP contribution is 2.24. The molecule has 0 atom stereocenters.